The molecule has 1 aromatic carbocycles. The van der Waals surface area contributed by atoms with E-state index in [4.69, 9.17) is 26.4 Å². The van der Waals surface area contributed by atoms with Gasteiger partial charge in [0.1, 0.15) is 5.92 Å². The van der Waals surface area contributed by atoms with Crippen molar-refractivity contribution in [2.45, 2.75) is 24.9 Å². The van der Waals surface area contributed by atoms with Gasteiger partial charge >= 0.3 is 12.1 Å². The van der Waals surface area contributed by atoms with E-state index in [1.54, 1.807) is 5.32 Å². The van der Waals surface area contributed by atoms with E-state index in [0.29, 0.717) is 5.75 Å². The monoisotopic (exact) mass is 408 g/mol. The molecule has 1 aliphatic rings. The highest BCUT2D eigenvalue weighted by Gasteiger charge is 2.66. The van der Waals surface area contributed by atoms with Gasteiger partial charge in [0.2, 0.25) is 0 Å². The molecular formula is C16H19F3N2O5S. The van der Waals surface area contributed by atoms with Crippen LogP contribution in [0.25, 0.3) is 0 Å². The zero-order chi connectivity index (χ0) is 20.4. The lowest BCUT2D eigenvalue weighted by Gasteiger charge is -2.45. The molecule has 0 unspecified atom stereocenters. The number of alkyl halides is 3. The van der Waals surface area contributed by atoms with Gasteiger partial charge in [0.25, 0.3) is 5.72 Å². The second-order valence-electron chi connectivity index (χ2n) is 5.68. The fourth-order valence-electron chi connectivity index (χ4n) is 2.86. The van der Waals surface area contributed by atoms with Crippen LogP contribution in [0, 0.1) is 5.92 Å². The van der Waals surface area contributed by atoms with Gasteiger partial charge in [-0.15, -0.1) is 0 Å². The van der Waals surface area contributed by atoms with Gasteiger partial charge in [0.05, 0.1) is 26.9 Å². The van der Waals surface area contributed by atoms with Gasteiger partial charge in [-0.05, 0) is 36.8 Å². The first-order chi connectivity index (χ1) is 12.6. The second kappa shape index (κ2) is 7.77. The van der Waals surface area contributed by atoms with E-state index in [2.05, 4.69) is 5.32 Å². The first-order valence-electron chi connectivity index (χ1n) is 7.85. The van der Waals surface area contributed by atoms with Crippen molar-refractivity contribution >= 4 is 23.3 Å². The molecule has 27 heavy (non-hydrogen) atoms. The van der Waals surface area contributed by atoms with Crippen LogP contribution in [0.3, 0.4) is 0 Å². The maximum Gasteiger partial charge on any atom is 0.437 e. The van der Waals surface area contributed by atoms with Crippen molar-refractivity contribution in [2.24, 2.45) is 5.92 Å². The Morgan fingerprint density at radius 2 is 1.93 bits per heavy atom. The molecule has 0 spiro atoms. The third kappa shape index (κ3) is 3.88. The molecule has 0 aromatic heterocycles. The summed E-state index contributed by atoms with van der Waals surface area (Å²) in [5.41, 5.74) is -3.39. The second-order valence-corrected chi connectivity index (χ2v) is 6.09. The molecule has 0 bridgehead atoms. The van der Waals surface area contributed by atoms with Crippen molar-refractivity contribution in [3.8, 4) is 11.5 Å². The molecule has 1 fully saturated rings. The number of ether oxygens (including phenoxy) is 3. The van der Waals surface area contributed by atoms with Crippen molar-refractivity contribution in [3.05, 3.63) is 23.8 Å². The Hall–Kier alpha value is -2.27. The number of carbonyl (C=O) groups is 1. The third-order valence-corrected chi connectivity index (χ3v) is 4.33. The molecule has 3 atom stereocenters. The molecule has 7 nitrogen and oxygen atoms in total. The molecule has 1 aromatic rings. The minimum absolute atomic E-state index is 0.160. The zero-order valence-electron chi connectivity index (χ0n) is 14.7. The van der Waals surface area contributed by atoms with E-state index in [1.165, 1.54) is 39.3 Å². The number of esters is 1. The minimum atomic E-state index is -5.20. The predicted octanol–water partition coefficient (Wildman–Crippen LogP) is 1.65. The van der Waals surface area contributed by atoms with Crippen LogP contribution in [0.15, 0.2) is 18.2 Å². The van der Waals surface area contributed by atoms with Crippen LogP contribution in [-0.2, 0) is 9.53 Å². The van der Waals surface area contributed by atoms with Crippen LogP contribution >= 0.6 is 12.2 Å². The van der Waals surface area contributed by atoms with Crippen LogP contribution < -0.4 is 20.1 Å². The number of halogens is 3. The van der Waals surface area contributed by atoms with E-state index in [0.717, 1.165) is 0 Å². The number of nitrogens with one attached hydrogen (secondary N) is 2. The molecule has 0 radical (unpaired) electrons. The summed E-state index contributed by atoms with van der Waals surface area (Å²) in [5, 5.41) is 14.3. The number of thiocarbonyl (C=S) groups is 1. The highest BCUT2D eigenvalue weighted by atomic mass is 32.1. The summed E-state index contributed by atoms with van der Waals surface area (Å²) < 4.78 is 56.0. The fraction of sp³-hybridized carbons (Fsp3) is 0.500. The lowest BCUT2D eigenvalue weighted by atomic mass is 9.82. The summed E-state index contributed by atoms with van der Waals surface area (Å²) in [4.78, 5) is 12.4. The Morgan fingerprint density at radius 1 is 1.30 bits per heavy atom. The van der Waals surface area contributed by atoms with Crippen LogP contribution in [0.1, 0.15) is 18.5 Å². The van der Waals surface area contributed by atoms with Gasteiger partial charge in [0, 0.05) is 0 Å². The fourth-order valence-corrected chi connectivity index (χ4v) is 3.14. The highest BCUT2D eigenvalue weighted by molar-refractivity contribution is 7.80. The Balaban J connectivity index is 2.60. The number of rotatable bonds is 5. The molecular weight excluding hydrogens is 389 g/mol. The number of methoxy groups -OCH3 is 2. The van der Waals surface area contributed by atoms with Crippen molar-refractivity contribution in [2.75, 3.05) is 20.8 Å². The van der Waals surface area contributed by atoms with Crippen molar-refractivity contribution in [3.63, 3.8) is 0 Å². The SMILES string of the molecule is CCOC(=O)[C@@H]1[C@H](c2ccc(OC)c(OC)c2)NC(=S)N[C@@]1(O)C(F)(F)F. The van der Waals surface area contributed by atoms with Gasteiger partial charge in [0.15, 0.2) is 16.6 Å². The molecule has 3 N–H and O–H groups in total. The zero-order valence-corrected chi connectivity index (χ0v) is 15.5. The molecule has 0 saturated carbocycles. The van der Waals surface area contributed by atoms with Crippen molar-refractivity contribution in [1.82, 2.24) is 10.6 Å². The number of hydrogen-bond acceptors (Lipinski definition) is 6. The number of aliphatic hydroxyl groups is 1. The molecule has 1 heterocycles. The van der Waals surface area contributed by atoms with E-state index in [-0.39, 0.29) is 17.9 Å². The van der Waals surface area contributed by atoms with Crippen molar-refractivity contribution in [1.29, 1.82) is 0 Å². The van der Waals surface area contributed by atoms with Crippen LogP contribution in [0.4, 0.5) is 13.2 Å². The summed E-state index contributed by atoms with van der Waals surface area (Å²) in [5.74, 6) is -2.72. The molecule has 1 saturated heterocycles. The summed E-state index contributed by atoms with van der Waals surface area (Å²) in [6.45, 7) is 1.29. The van der Waals surface area contributed by atoms with Crippen LogP contribution in [-0.4, -0.2) is 48.9 Å². The largest absolute Gasteiger partial charge is 0.493 e. The molecule has 0 aliphatic carbocycles. The molecule has 150 valence electrons. The normalized spacial score (nSPS) is 25.2. The first-order valence-corrected chi connectivity index (χ1v) is 8.26. The minimum Gasteiger partial charge on any atom is -0.493 e. The van der Waals surface area contributed by atoms with Crippen LogP contribution in [0.5, 0.6) is 11.5 Å². The van der Waals surface area contributed by atoms with Gasteiger partial charge in [-0.25, -0.2) is 0 Å². The van der Waals surface area contributed by atoms with Gasteiger partial charge in [-0.1, -0.05) is 6.07 Å². The summed E-state index contributed by atoms with van der Waals surface area (Å²) in [6, 6.07) is 2.98. The van der Waals surface area contributed by atoms with E-state index in [1.807, 2.05) is 0 Å². The standard InChI is InChI=1S/C16H19F3N2O5S/c1-4-26-13(22)11-12(8-5-6-9(24-2)10(7-8)25-3)20-14(27)21-15(11,23)16(17,18)19/h5-7,11-12,23H,4H2,1-3H3,(H2,20,21,27)/t11-,12-,15-/m0/s1. The smallest absolute Gasteiger partial charge is 0.437 e. The summed E-state index contributed by atoms with van der Waals surface area (Å²) >= 11 is 4.82. The summed E-state index contributed by atoms with van der Waals surface area (Å²) in [6.07, 6.45) is -5.20. The van der Waals surface area contributed by atoms with Crippen LogP contribution in [0.2, 0.25) is 0 Å². The summed E-state index contributed by atoms with van der Waals surface area (Å²) in [7, 11) is 2.76. The lowest BCUT2D eigenvalue weighted by Crippen LogP contribution is -2.73. The Bertz CT molecular complexity index is 730. The number of carbonyl (C=O) groups excluding carboxylic acids is 1. The van der Waals surface area contributed by atoms with E-state index >= 15 is 0 Å². The van der Waals surface area contributed by atoms with Gasteiger partial charge in [-0.3, -0.25) is 4.79 Å². The molecule has 2 rings (SSSR count). The van der Waals surface area contributed by atoms with E-state index in [9.17, 15) is 23.1 Å². The van der Waals surface area contributed by atoms with Crippen molar-refractivity contribution < 1.29 is 37.3 Å². The maximum absolute atomic E-state index is 13.7. The third-order valence-electron chi connectivity index (χ3n) is 4.11. The first kappa shape index (κ1) is 21.0. The van der Waals surface area contributed by atoms with Gasteiger partial charge in [-0.2, -0.15) is 13.2 Å². The average molecular weight is 408 g/mol. The molecule has 0 amide bonds. The number of hydrogen-bond donors (Lipinski definition) is 3. The predicted molar refractivity (Wildman–Crippen MR) is 92.3 cm³/mol. The highest BCUT2D eigenvalue weighted by Crippen LogP contribution is 2.44. The Morgan fingerprint density at radius 3 is 2.44 bits per heavy atom. The molecule has 11 heteroatoms. The van der Waals surface area contributed by atoms with Gasteiger partial charge < -0.3 is 30.0 Å². The quantitative estimate of drug-likeness (QED) is 0.501. The molecule has 1 aliphatic heterocycles. The number of benzene rings is 1. The Labute approximate surface area is 158 Å². The Kier molecular flexibility index (Phi) is 6.05. The average Bonchev–Trinajstić information content (AvgIpc) is 2.59. The maximum atomic E-state index is 13.7. The lowest BCUT2D eigenvalue weighted by molar-refractivity contribution is -0.292. The topological polar surface area (TPSA) is 89.1 Å². The van der Waals surface area contributed by atoms with E-state index < -0.39 is 34.9 Å².